The van der Waals surface area contributed by atoms with Gasteiger partial charge in [-0.15, -0.1) is 53.6 Å². The van der Waals surface area contributed by atoms with Gasteiger partial charge in [0.2, 0.25) is 0 Å². The van der Waals surface area contributed by atoms with Gasteiger partial charge in [0.1, 0.15) is 5.58 Å². The van der Waals surface area contributed by atoms with E-state index in [9.17, 15) is 0 Å². The van der Waals surface area contributed by atoms with E-state index in [-0.39, 0.29) is 20.1 Å². The summed E-state index contributed by atoms with van der Waals surface area (Å²) >= 11 is 0. The number of furan rings is 1. The molecule has 3 nitrogen and oxygen atoms in total. The van der Waals surface area contributed by atoms with Crippen LogP contribution in [0.1, 0.15) is 25.3 Å². The van der Waals surface area contributed by atoms with Crippen molar-refractivity contribution in [2.24, 2.45) is 0 Å². The van der Waals surface area contributed by atoms with E-state index in [0.29, 0.717) is 5.92 Å². The molecule has 0 saturated heterocycles. The third-order valence-electron chi connectivity index (χ3n) is 6.90. The smallest absolute Gasteiger partial charge is 0.120 e. The molecule has 4 heteroatoms. The summed E-state index contributed by atoms with van der Waals surface area (Å²) in [7, 11) is 0. The number of benzene rings is 4. The van der Waals surface area contributed by atoms with Crippen LogP contribution in [0.15, 0.2) is 132 Å². The zero-order valence-electron chi connectivity index (χ0n) is 22.8. The van der Waals surface area contributed by atoms with Crippen molar-refractivity contribution < 1.29 is 24.5 Å². The summed E-state index contributed by atoms with van der Waals surface area (Å²) in [5, 5.41) is 2.24. The van der Waals surface area contributed by atoms with Gasteiger partial charge in [-0.05, 0) is 40.6 Å². The van der Waals surface area contributed by atoms with Crippen LogP contribution in [0.5, 0.6) is 0 Å². The molecule has 1 radical (unpaired) electrons. The Morgan fingerprint density at radius 1 is 0.659 bits per heavy atom. The molecule has 0 bridgehead atoms. The van der Waals surface area contributed by atoms with E-state index in [1.54, 1.807) is 6.20 Å². The third-order valence-corrected chi connectivity index (χ3v) is 6.90. The molecular formula is C37H28IrN2O-2. The van der Waals surface area contributed by atoms with E-state index in [2.05, 4.69) is 72.3 Å². The van der Waals surface area contributed by atoms with Crippen LogP contribution >= 0.6 is 0 Å². The summed E-state index contributed by atoms with van der Waals surface area (Å²) in [6.45, 7) is 4.34. The van der Waals surface area contributed by atoms with Gasteiger partial charge in [0.05, 0.1) is 5.58 Å². The number of nitrogens with zero attached hydrogens (tertiary/aromatic N) is 2. The van der Waals surface area contributed by atoms with E-state index in [0.717, 1.165) is 44.5 Å². The van der Waals surface area contributed by atoms with Crippen LogP contribution in [0.3, 0.4) is 0 Å². The summed E-state index contributed by atoms with van der Waals surface area (Å²) in [5.41, 5.74) is 9.19. The molecule has 0 unspecified atom stereocenters. The van der Waals surface area contributed by atoms with Gasteiger partial charge in [-0.3, -0.25) is 0 Å². The number of para-hydroxylation sites is 1. The van der Waals surface area contributed by atoms with E-state index >= 15 is 0 Å². The summed E-state index contributed by atoms with van der Waals surface area (Å²) in [6.07, 6.45) is 3.74. The average Bonchev–Trinajstić information content (AvgIpc) is 3.41. The van der Waals surface area contributed by atoms with Crippen molar-refractivity contribution in [3.8, 4) is 33.6 Å². The van der Waals surface area contributed by atoms with Crippen molar-refractivity contribution in [1.29, 1.82) is 0 Å². The molecule has 3 aromatic heterocycles. The summed E-state index contributed by atoms with van der Waals surface area (Å²) in [6, 6.07) is 45.2. The first kappa shape index (κ1) is 28.2. The molecule has 4 aromatic carbocycles. The number of hydrogen-bond donors (Lipinski definition) is 0. The molecule has 0 spiro atoms. The Labute approximate surface area is 254 Å². The van der Waals surface area contributed by atoms with Gasteiger partial charge < -0.3 is 14.4 Å². The van der Waals surface area contributed by atoms with Gasteiger partial charge in [0.25, 0.3) is 0 Å². The molecule has 0 aliphatic carbocycles. The second kappa shape index (κ2) is 12.9. The number of rotatable bonds is 4. The SMILES string of the molecule is CC(C)c1ccc(-c2[c-]ccc3c2oc2ccccc23)nc1.[Ir].[c-]1ccc(-c2ccccc2)cc1-c1ccccn1. The van der Waals surface area contributed by atoms with Crippen LogP contribution in [-0.2, 0) is 20.1 Å². The maximum absolute atomic E-state index is 6.04. The van der Waals surface area contributed by atoms with Gasteiger partial charge in [0, 0.05) is 37.9 Å². The van der Waals surface area contributed by atoms with Crippen molar-refractivity contribution in [2.45, 2.75) is 19.8 Å². The predicted molar refractivity (Wildman–Crippen MR) is 164 cm³/mol. The first-order chi connectivity index (χ1) is 19.7. The Hall–Kier alpha value is -4.37. The molecule has 0 amide bonds. The molecule has 7 aromatic rings. The fourth-order valence-corrected chi connectivity index (χ4v) is 4.72. The van der Waals surface area contributed by atoms with Gasteiger partial charge in [-0.1, -0.05) is 97.6 Å². The average molecular weight is 709 g/mol. The van der Waals surface area contributed by atoms with Crippen molar-refractivity contribution in [1.82, 2.24) is 9.97 Å². The Morgan fingerprint density at radius 2 is 1.44 bits per heavy atom. The molecular weight excluding hydrogens is 681 g/mol. The first-order valence-electron chi connectivity index (χ1n) is 13.4. The van der Waals surface area contributed by atoms with Crippen LogP contribution in [0.4, 0.5) is 0 Å². The van der Waals surface area contributed by atoms with E-state index in [4.69, 9.17) is 4.42 Å². The van der Waals surface area contributed by atoms with Crippen molar-refractivity contribution in [2.75, 3.05) is 0 Å². The predicted octanol–water partition coefficient (Wildman–Crippen LogP) is 9.78. The zero-order chi connectivity index (χ0) is 27.3. The molecule has 203 valence electrons. The molecule has 0 aliphatic rings. The Balaban J connectivity index is 0.000000164. The number of fused-ring (bicyclic) bond motifs is 3. The topological polar surface area (TPSA) is 38.9 Å². The minimum Gasteiger partial charge on any atom is -0.501 e. The van der Waals surface area contributed by atoms with E-state index in [1.807, 2.05) is 85.1 Å². The molecule has 0 aliphatic heterocycles. The summed E-state index contributed by atoms with van der Waals surface area (Å²) in [4.78, 5) is 8.95. The van der Waals surface area contributed by atoms with Gasteiger partial charge in [-0.25, -0.2) is 0 Å². The van der Waals surface area contributed by atoms with E-state index in [1.165, 1.54) is 16.7 Å². The number of pyridine rings is 2. The molecule has 0 atom stereocenters. The summed E-state index contributed by atoms with van der Waals surface area (Å²) in [5.74, 6) is 0.479. The quantitative estimate of drug-likeness (QED) is 0.171. The summed E-state index contributed by atoms with van der Waals surface area (Å²) < 4.78 is 6.04. The van der Waals surface area contributed by atoms with Crippen molar-refractivity contribution in [3.05, 3.63) is 145 Å². The molecule has 3 heterocycles. The van der Waals surface area contributed by atoms with Gasteiger partial charge in [-0.2, -0.15) is 0 Å². The second-order valence-corrected chi connectivity index (χ2v) is 9.90. The fourth-order valence-electron chi connectivity index (χ4n) is 4.72. The normalized spacial score (nSPS) is 10.7. The van der Waals surface area contributed by atoms with Crippen LogP contribution in [0.25, 0.3) is 55.6 Å². The Kier molecular flexibility index (Phi) is 8.84. The second-order valence-electron chi connectivity index (χ2n) is 9.90. The minimum absolute atomic E-state index is 0. The fraction of sp³-hybridized carbons (Fsp3) is 0.0811. The molecule has 0 saturated carbocycles. The standard InChI is InChI=1S/C20H16NO.C17H12N.Ir/c1-13(2)14-10-11-18(21-12-14)17-8-5-7-16-15-6-3-4-9-19(15)22-20(16)17;1-2-7-14(8-3-1)15-9-6-10-16(13-15)17-11-4-5-12-18-17;/h3-7,9-13H,1-2H3;1-9,11-13H;/q2*-1;. The van der Waals surface area contributed by atoms with Crippen LogP contribution < -0.4 is 0 Å². The van der Waals surface area contributed by atoms with Crippen LogP contribution in [0.2, 0.25) is 0 Å². The first-order valence-corrected chi connectivity index (χ1v) is 13.4. The van der Waals surface area contributed by atoms with Crippen LogP contribution in [-0.4, -0.2) is 9.97 Å². The Morgan fingerprint density at radius 3 is 2.20 bits per heavy atom. The maximum atomic E-state index is 6.04. The van der Waals surface area contributed by atoms with E-state index < -0.39 is 0 Å². The maximum Gasteiger partial charge on any atom is 0.120 e. The third kappa shape index (κ3) is 6.20. The van der Waals surface area contributed by atoms with Gasteiger partial charge >= 0.3 is 0 Å². The number of aromatic nitrogens is 2. The Bertz CT molecular complexity index is 1810. The van der Waals surface area contributed by atoms with Crippen LogP contribution in [0, 0.1) is 12.1 Å². The minimum atomic E-state index is 0. The van der Waals surface area contributed by atoms with Crippen molar-refractivity contribution in [3.63, 3.8) is 0 Å². The van der Waals surface area contributed by atoms with Gasteiger partial charge in [0.15, 0.2) is 0 Å². The molecule has 41 heavy (non-hydrogen) atoms. The monoisotopic (exact) mass is 709 g/mol. The number of hydrogen-bond acceptors (Lipinski definition) is 3. The molecule has 0 fully saturated rings. The molecule has 7 rings (SSSR count). The largest absolute Gasteiger partial charge is 0.501 e. The zero-order valence-corrected chi connectivity index (χ0v) is 25.2. The molecule has 0 N–H and O–H groups in total. The van der Waals surface area contributed by atoms with Crippen molar-refractivity contribution >= 4 is 21.9 Å².